The molecule has 3 aromatic rings. The molecule has 1 aliphatic heterocycles. The summed E-state index contributed by atoms with van der Waals surface area (Å²) < 4.78 is 5.34. The van der Waals surface area contributed by atoms with E-state index in [4.69, 9.17) is 4.74 Å². The van der Waals surface area contributed by atoms with Gasteiger partial charge < -0.3 is 14.8 Å². The molecule has 1 aromatic heterocycles. The summed E-state index contributed by atoms with van der Waals surface area (Å²) in [5, 5.41) is 10.6. The first-order valence-electron chi connectivity index (χ1n) is 8.36. The maximum atomic E-state index is 11.4. The number of carboxylic acids is 1. The van der Waals surface area contributed by atoms with Gasteiger partial charge in [0.25, 0.3) is 0 Å². The summed E-state index contributed by atoms with van der Waals surface area (Å²) in [6.07, 6.45) is 0.942. The van der Waals surface area contributed by atoms with Crippen molar-refractivity contribution < 1.29 is 14.6 Å². The Bertz CT molecular complexity index is 945. The number of fused-ring (bicyclic) bond motifs is 3. The Kier molecular flexibility index (Phi) is 3.93. The maximum absolute atomic E-state index is 11.4. The largest absolute Gasteiger partial charge is 0.497 e. The van der Waals surface area contributed by atoms with Crippen LogP contribution in [-0.4, -0.2) is 34.6 Å². The predicted octanol–water partition coefficient (Wildman–Crippen LogP) is 3.43. The second-order valence-corrected chi connectivity index (χ2v) is 6.42. The standard InChI is InChI=1S/C20H20N2O3/c1-25-14-6-7-18-17(10-14)16-8-9-22(12-19(16)21-18)11-13-4-2-3-5-15(13)20(23)24/h2-7,10,21H,8-9,11-12H2,1H3,(H,23,24). The van der Waals surface area contributed by atoms with Crippen molar-refractivity contribution in [3.8, 4) is 5.75 Å². The van der Waals surface area contributed by atoms with Crippen molar-refractivity contribution >= 4 is 16.9 Å². The Morgan fingerprint density at radius 3 is 2.92 bits per heavy atom. The minimum Gasteiger partial charge on any atom is -0.497 e. The number of carboxylic acid groups (broad SMARTS) is 1. The normalized spacial score (nSPS) is 14.4. The monoisotopic (exact) mass is 336 g/mol. The zero-order valence-electron chi connectivity index (χ0n) is 14.1. The van der Waals surface area contributed by atoms with Crippen LogP contribution in [0.2, 0.25) is 0 Å². The number of aromatic nitrogens is 1. The van der Waals surface area contributed by atoms with Gasteiger partial charge in [-0.1, -0.05) is 18.2 Å². The number of benzene rings is 2. The van der Waals surface area contributed by atoms with Crippen molar-refractivity contribution in [3.63, 3.8) is 0 Å². The van der Waals surface area contributed by atoms with E-state index in [9.17, 15) is 9.90 Å². The van der Waals surface area contributed by atoms with E-state index in [0.29, 0.717) is 12.1 Å². The van der Waals surface area contributed by atoms with Crippen LogP contribution >= 0.6 is 0 Å². The minimum atomic E-state index is -0.869. The Balaban J connectivity index is 1.60. The van der Waals surface area contributed by atoms with E-state index >= 15 is 0 Å². The molecule has 0 fully saturated rings. The van der Waals surface area contributed by atoms with Crippen molar-refractivity contribution in [2.24, 2.45) is 0 Å². The van der Waals surface area contributed by atoms with Gasteiger partial charge in [0.05, 0.1) is 12.7 Å². The number of rotatable bonds is 4. The average molecular weight is 336 g/mol. The topological polar surface area (TPSA) is 65.6 Å². The van der Waals surface area contributed by atoms with Gasteiger partial charge in [-0.3, -0.25) is 4.90 Å². The van der Waals surface area contributed by atoms with Crippen LogP contribution in [0.4, 0.5) is 0 Å². The molecule has 0 bridgehead atoms. The highest BCUT2D eigenvalue weighted by Gasteiger charge is 2.22. The van der Waals surface area contributed by atoms with Crippen molar-refractivity contribution in [3.05, 3.63) is 64.8 Å². The molecule has 5 heteroatoms. The van der Waals surface area contributed by atoms with Gasteiger partial charge >= 0.3 is 5.97 Å². The van der Waals surface area contributed by atoms with Gasteiger partial charge in [0.15, 0.2) is 0 Å². The van der Waals surface area contributed by atoms with Crippen molar-refractivity contribution in [1.29, 1.82) is 0 Å². The first-order valence-corrected chi connectivity index (χ1v) is 8.36. The van der Waals surface area contributed by atoms with Gasteiger partial charge in [-0.05, 0) is 41.8 Å². The number of nitrogens with one attached hydrogen (secondary N) is 1. The van der Waals surface area contributed by atoms with E-state index in [1.165, 1.54) is 16.6 Å². The molecule has 0 spiro atoms. The predicted molar refractivity (Wildman–Crippen MR) is 96.1 cm³/mol. The van der Waals surface area contributed by atoms with Crippen LogP contribution < -0.4 is 4.74 Å². The Labute approximate surface area is 145 Å². The summed E-state index contributed by atoms with van der Waals surface area (Å²) in [6, 6.07) is 13.3. The average Bonchev–Trinajstić information content (AvgIpc) is 2.98. The van der Waals surface area contributed by atoms with Crippen LogP contribution in [-0.2, 0) is 19.5 Å². The molecule has 0 saturated heterocycles. The van der Waals surface area contributed by atoms with Gasteiger partial charge in [0.1, 0.15) is 5.75 Å². The first-order chi connectivity index (χ1) is 12.2. The molecule has 0 radical (unpaired) electrons. The summed E-state index contributed by atoms with van der Waals surface area (Å²) in [7, 11) is 1.68. The van der Waals surface area contributed by atoms with E-state index < -0.39 is 5.97 Å². The van der Waals surface area contributed by atoms with Crippen molar-refractivity contribution in [1.82, 2.24) is 9.88 Å². The lowest BCUT2D eigenvalue weighted by molar-refractivity contribution is 0.0694. The van der Waals surface area contributed by atoms with E-state index in [2.05, 4.69) is 22.0 Å². The zero-order chi connectivity index (χ0) is 17.4. The second-order valence-electron chi connectivity index (χ2n) is 6.42. The summed E-state index contributed by atoms with van der Waals surface area (Å²) >= 11 is 0. The lowest BCUT2D eigenvalue weighted by Gasteiger charge is -2.27. The Morgan fingerprint density at radius 2 is 2.12 bits per heavy atom. The minimum absolute atomic E-state index is 0.384. The first kappa shape index (κ1) is 15.7. The number of carbonyl (C=O) groups is 1. The van der Waals surface area contributed by atoms with Gasteiger partial charge in [-0.15, -0.1) is 0 Å². The number of H-pyrrole nitrogens is 1. The molecule has 1 aliphatic rings. The molecular weight excluding hydrogens is 316 g/mol. The number of methoxy groups -OCH3 is 1. The summed E-state index contributed by atoms with van der Waals surface area (Å²) in [4.78, 5) is 17.2. The molecule has 0 atom stereocenters. The molecule has 5 nitrogen and oxygen atoms in total. The fourth-order valence-corrected chi connectivity index (χ4v) is 3.65. The quantitative estimate of drug-likeness (QED) is 0.766. The van der Waals surface area contributed by atoms with Gasteiger partial charge in [0.2, 0.25) is 0 Å². The molecular formula is C20H20N2O3. The Morgan fingerprint density at radius 1 is 1.28 bits per heavy atom. The lowest BCUT2D eigenvalue weighted by atomic mass is 10.0. The summed E-state index contributed by atoms with van der Waals surface area (Å²) in [5.41, 5.74) is 4.92. The smallest absolute Gasteiger partial charge is 0.336 e. The number of aromatic carboxylic acids is 1. The van der Waals surface area contributed by atoms with Crippen LogP contribution in [0.25, 0.3) is 10.9 Å². The highest BCUT2D eigenvalue weighted by Crippen LogP contribution is 2.31. The van der Waals surface area contributed by atoms with Crippen LogP contribution in [0.5, 0.6) is 5.75 Å². The molecule has 25 heavy (non-hydrogen) atoms. The lowest BCUT2D eigenvalue weighted by Crippen LogP contribution is -2.30. The van der Waals surface area contributed by atoms with Crippen LogP contribution in [0.15, 0.2) is 42.5 Å². The van der Waals surface area contributed by atoms with Crippen LogP contribution in [0.1, 0.15) is 27.2 Å². The summed E-state index contributed by atoms with van der Waals surface area (Å²) in [5.74, 6) is -0.00174. The molecule has 0 amide bonds. The van der Waals surface area contributed by atoms with Crippen LogP contribution in [0, 0.1) is 0 Å². The number of hydrogen-bond donors (Lipinski definition) is 2. The molecule has 4 rings (SSSR count). The van der Waals surface area contributed by atoms with E-state index in [1.807, 2.05) is 18.2 Å². The molecule has 128 valence electrons. The third kappa shape index (κ3) is 2.87. The number of aromatic amines is 1. The molecule has 2 heterocycles. The van der Waals surface area contributed by atoms with Crippen molar-refractivity contribution in [2.75, 3.05) is 13.7 Å². The number of hydrogen-bond acceptors (Lipinski definition) is 3. The number of ether oxygens (including phenoxy) is 1. The molecule has 2 aromatic carbocycles. The van der Waals surface area contributed by atoms with Crippen LogP contribution in [0.3, 0.4) is 0 Å². The highest BCUT2D eigenvalue weighted by molar-refractivity contribution is 5.89. The molecule has 0 saturated carbocycles. The van der Waals surface area contributed by atoms with E-state index in [-0.39, 0.29) is 0 Å². The maximum Gasteiger partial charge on any atom is 0.336 e. The Hall–Kier alpha value is -2.79. The molecule has 0 aliphatic carbocycles. The molecule has 0 unspecified atom stereocenters. The van der Waals surface area contributed by atoms with Gasteiger partial charge in [-0.2, -0.15) is 0 Å². The molecule has 2 N–H and O–H groups in total. The highest BCUT2D eigenvalue weighted by atomic mass is 16.5. The van der Waals surface area contributed by atoms with Gasteiger partial charge in [0, 0.05) is 36.2 Å². The fraction of sp³-hybridized carbons (Fsp3) is 0.250. The fourth-order valence-electron chi connectivity index (χ4n) is 3.65. The SMILES string of the molecule is COc1ccc2[nH]c3c(c2c1)CCN(Cc1ccccc1C(=O)O)C3. The van der Waals surface area contributed by atoms with E-state index in [1.54, 1.807) is 19.2 Å². The second kappa shape index (κ2) is 6.26. The third-order valence-electron chi connectivity index (χ3n) is 4.90. The summed E-state index contributed by atoms with van der Waals surface area (Å²) in [6.45, 7) is 2.34. The zero-order valence-corrected chi connectivity index (χ0v) is 14.1. The van der Waals surface area contributed by atoms with Gasteiger partial charge in [-0.25, -0.2) is 4.79 Å². The third-order valence-corrected chi connectivity index (χ3v) is 4.90. The number of nitrogens with zero attached hydrogens (tertiary/aromatic N) is 1. The van der Waals surface area contributed by atoms with Crippen molar-refractivity contribution in [2.45, 2.75) is 19.5 Å². The van der Waals surface area contributed by atoms with E-state index in [0.717, 1.165) is 36.3 Å².